The summed E-state index contributed by atoms with van der Waals surface area (Å²) < 4.78 is 19.2. The minimum atomic E-state index is -0.501. The lowest BCUT2D eigenvalue weighted by molar-refractivity contribution is -0.139. The van der Waals surface area contributed by atoms with E-state index in [1.807, 2.05) is 37.3 Å². The Morgan fingerprint density at radius 1 is 1.06 bits per heavy atom. The van der Waals surface area contributed by atoms with E-state index in [2.05, 4.69) is 41.4 Å². The van der Waals surface area contributed by atoms with Crippen molar-refractivity contribution in [2.75, 3.05) is 18.5 Å². The SMILES string of the molecule is CCCC1=C(C(=O)OCC)[C@@H](c2ccc(OCc3cccc(C)c3)c(OCC)c2)n2ncnc2N1. The molecule has 0 unspecified atom stereocenters. The number of carbonyl (C=O) groups is 1. The summed E-state index contributed by atoms with van der Waals surface area (Å²) in [4.78, 5) is 17.5. The third-order valence-electron chi connectivity index (χ3n) is 5.73. The molecule has 0 radical (unpaired) electrons. The first kappa shape index (κ1) is 24.3. The standard InChI is InChI=1S/C27H32N4O4/c1-5-9-21-24(26(32)34-7-3)25(31-27(30-21)28-17-29-31)20-12-13-22(23(15-20)33-6-2)35-16-19-11-8-10-18(4)14-19/h8,10-15,17,25H,5-7,9,16H2,1-4H3,(H,28,29,30)/t25-/m1/s1. The summed E-state index contributed by atoms with van der Waals surface area (Å²) in [5.41, 5.74) is 4.43. The molecule has 2 aromatic carbocycles. The van der Waals surface area contributed by atoms with Crippen molar-refractivity contribution in [1.29, 1.82) is 0 Å². The molecule has 1 N–H and O–H groups in total. The van der Waals surface area contributed by atoms with Crippen LogP contribution in [0.5, 0.6) is 11.5 Å². The Bertz CT molecular complexity index is 1220. The Morgan fingerprint density at radius 2 is 1.91 bits per heavy atom. The summed E-state index contributed by atoms with van der Waals surface area (Å²) in [7, 11) is 0. The first-order valence-electron chi connectivity index (χ1n) is 12.1. The molecule has 0 fully saturated rings. The Hall–Kier alpha value is -3.81. The van der Waals surface area contributed by atoms with Gasteiger partial charge in [-0.2, -0.15) is 10.1 Å². The Balaban J connectivity index is 1.73. The normalized spacial score (nSPS) is 14.8. The van der Waals surface area contributed by atoms with Crippen molar-refractivity contribution in [2.24, 2.45) is 0 Å². The number of esters is 1. The largest absolute Gasteiger partial charge is 0.490 e. The number of allylic oxidation sites excluding steroid dienone is 1. The number of aryl methyl sites for hydroxylation is 1. The zero-order valence-electron chi connectivity index (χ0n) is 20.7. The van der Waals surface area contributed by atoms with Crippen molar-refractivity contribution in [3.63, 3.8) is 0 Å². The number of ether oxygens (including phenoxy) is 3. The molecule has 3 aromatic rings. The molecule has 8 nitrogen and oxygen atoms in total. The monoisotopic (exact) mass is 476 g/mol. The topological polar surface area (TPSA) is 87.5 Å². The van der Waals surface area contributed by atoms with Crippen LogP contribution in [0.25, 0.3) is 0 Å². The quantitative estimate of drug-likeness (QED) is 0.403. The van der Waals surface area contributed by atoms with Crippen molar-refractivity contribution in [3.05, 3.63) is 76.8 Å². The maximum absolute atomic E-state index is 13.1. The van der Waals surface area contributed by atoms with Gasteiger partial charge in [0.15, 0.2) is 11.5 Å². The molecule has 184 valence electrons. The van der Waals surface area contributed by atoms with Crippen LogP contribution in [0.2, 0.25) is 0 Å². The van der Waals surface area contributed by atoms with E-state index < -0.39 is 6.04 Å². The first-order chi connectivity index (χ1) is 17.0. The van der Waals surface area contributed by atoms with E-state index >= 15 is 0 Å². The third-order valence-corrected chi connectivity index (χ3v) is 5.73. The lowest BCUT2D eigenvalue weighted by Gasteiger charge is -2.29. The number of benzene rings is 2. The molecule has 1 atom stereocenters. The zero-order chi connectivity index (χ0) is 24.8. The maximum atomic E-state index is 13.1. The van der Waals surface area contributed by atoms with Crippen LogP contribution in [-0.2, 0) is 16.1 Å². The number of hydrogen-bond acceptors (Lipinski definition) is 7. The van der Waals surface area contributed by atoms with Crippen molar-refractivity contribution >= 4 is 11.9 Å². The number of carbonyl (C=O) groups excluding carboxylic acids is 1. The molecule has 0 amide bonds. The summed E-state index contributed by atoms with van der Waals surface area (Å²) in [5, 5.41) is 7.69. The molecule has 0 saturated carbocycles. The van der Waals surface area contributed by atoms with Crippen LogP contribution < -0.4 is 14.8 Å². The van der Waals surface area contributed by atoms with E-state index in [1.54, 1.807) is 11.6 Å². The van der Waals surface area contributed by atoms with Crippen LogP contribution in [0.3, 0.4) is 0 Å². The number of rotatable bonds is 10. The van der Waals surface area contributed by atoms with E-state index in [4.69, 9.17) is 14.2 Å². The van der Waals surface area contributed by atoms with E-state index in [1.165, 1.54) is 11.9 Å². The van der Waals surface area contributed by atoms with Crippen molar-refractivity contribution in [3.8, 4) is 11.5 Å². The minimum absolute atomic E-state index is 0.286. The van der Waals surface area contributed by atoms with E-state index in [-0.39, 0.29) is 12.6 Å². The number of fused-ring (bicyclic) bond motifs is 1. The molecule has 1 aliphatic rings. The molecular weight excluding hydrogens is 444 g/mol. The summed E-state index contributed by atoms with van der Waals surface area (Å²) in [6, 6.07) is 13.5. The van der Waals surface area contributed by atoms with E-state index in [0.29, 0.717) is 42.7 Å². The lowest BCUT2D eigenvalue weighted by Crippen LogP contribution is -2.30. The molecule has 2 heterocycles. The molecule has 0 bridgehead atoms. The lowest BCUT2D eigenvalue weighted by atomic mass is 9.93. The smallest absolute Gasteiger partial charge is 0.338 e. The van der Waals surface area contributed by atoms with Gasteiger partial charge < -0.3 is 19.5 Å². The molecule has 4 rings (SSSR count). The van der Waals surface area contributed by atoms with Gasteiger partial charge in [-0.25, -0.2) is 9.48 Å². The van der Waals surface area contributed by atoms with Crippen LogP contribution in [0.1, 0.15) is 56.3 Å². The van der Waals surface area contributed by atoms with Gasteiger partial charge in [-0.05, 0) is 50.5 Å². The molecule has 1 aromatic heterocycles. The van der Waals surface area contributed by atoms with Crippen molar-refractivity contribution < 1.29 is 19.0 Å². The summed E-state index contributed by atoms with van der Waals surface area (Å²) >= 11 is 0. The van der Waals surface area contributed by atoms with Gasteiger partial charge in [0.05, 0.1) is 18.8 Å². The molecule has 8 heteroatoms. The van der Waals surface area contributed by atoms with Crippen molar-refractivity contribution in [1.82, 2.24) is 14.8 Å². The van der Waals surface area contributed by atoms with Gasteiger partial charge in [-0.1, -0.05) is 49.2 Å². The summed E-state index contributed by atoms with van der Waals surface area (Å²) in [5.74, 6) is 1.47. The molecule has 0 saturated heterocycles. The highest BCUT2D eigenvalue weighted by atomic mass is 16.5. The van der Waals surface area contributed by atoms with Crippen LogP contribution in [-0.4, -0.2) is 33.9 Å². The predicted octanol–water partition coefficient (Wildman–Crippen LogP) is 5.20. The molecule has 35 heavy (non-hydrogen) atoms. The second-order valence-corrected chi connectivity index (χ2v) is 8.34. The Morgan fingerprint density at radius 3 is 2.66 bits per heavy atom. The van der Waals surface area contributed by atoms with Crippen molar-refractivity contribution in [2.45, 2.75) is 53.2 Å². The number of nitrogens with one attached hydrogen (secondary N) is 1. The predicted molar refractivity (Wildman–Crippen MR) is 133 cm³/mol. The molecule has 0 aliphatic carbocycles. The van der Waals surface area contributed by atoms with Gasteiger partial charge in [0.1, 0.15) is 19.0 Å². The van der Waals surface area contributed by atoms with Crippen LogP contribution in [0, 0.1) is 6.92 Å². The fourth-order valence-corrected chi connectivity index (χ4v) is 4.26. The molecule has 0 spiro atoms. The van der Waals surface area contributed by atoms with Crippen LogP contribution in [0.15, 0.2) is 60.1 Å². The highest BCUT2D eigenvalue weighted by Crippen LogP contribution is 2.40. The van der Waals surface area contributed by atoms with Gasteiger partial charge in [-0.15, -0.1) is 0 Å². The Kier molecular flexibility index (Phi) is 7.70. The number of anilines is 1. The second kappa shape index (κ2) is 11.1. The number of aromatic nitrogens is 3. The minimum Gasteiger partial charge on any atom is -0.490 e. The average molecular weight is 477 g/mol. The van der Waals surface area contributed by atoms with E-state index in [9.17, 15) is 4.79 Å². The van der Waals surface area contributed by atoms with Crippen LogP contribution in [0.4, 0.5) is 5.95 Å². The highest BCUT2D eigenvalue weighted by molar-refractivity contribution is 5.92. The van der Waals surface area contributed by atoms with E-state index in [0.717, 1.165) is 23.2 Å². The summed E-state index contributed by atoms with van der Waals surface area (Å²) in [6.45, 7) is 9.05. The molecular formula is C27H32N4O4. The summed E-state index contributed by atoms with van der Waals surface area (Å²) in [6.07, 6.45) is 3.03. The zero-order valence-corrected chi connectivity index (χ0v) is 20.7. The van der Waals surface area contributed by atoms with Gasteiger partial charge in [0, 0.05) is 5.70 Å². The van der Waals surface area contributed by atoms with Gasteiger partial charge in [0.25, 0.3) is 0 Å². The van der Waals surface area contributed by atoms with Crippen LogP contribution >= 0.6 is 0 Å². The number of nitrogens with zero attached hydrogens (tertiary/aromatic N) is 3. The Labute approximate surface area is 205 Å². The maximum Gasteiger partial charge on any atom is 0.338 e. The fourth-order valence-electron chi connectivity index (χ4n) is 4.26. The fraction of sp³-hybridized carbons (Fsp3) is 0.370. The number of hydrogen-bond donors (Lipinski definition) is 1. The van der Waals surface area contributed by atoms with Gasteiger partial charge in [0.2, 0.25) is 5.95 Å². The average Bonchev–Trinajstić information content (AvgIpc) is 3.31. The highest BCUT2D eigenvalue weighted by Gasteiger charge is 2.35. The first-order valence-corrected chi connectivity index (χ1v) is 12.1. The molecule has 1 aliphatic heterocycles. The van der Waals surface area contributed by atoms with Gasteiger partial charge in [-0.3, -0.25) is 0 Å². The van der Waals surface area contributed by atoms with Gasteiger partial charge >= 0.3 is 5.97 Å². The second-order valence-electron chi connectivity index (χ2n) is 8.34. The third kappa shape index (κ3) is 5.31.